The fourth-order valence-corrected chi connectivity index (χ4v) is 5.58. The highest BCUT2D eigenvalue weighted by Crippen LogP contribution is 2.37. The van der Waals surface area contributed by atoms with Gasteiger partial charge in [-0.05, 0) is 41.3 Å². The van der Waals surface area contributed by atoms with E-state index in [4.69, 9.17) is 4.98 Å². The molecule has 1 amide bonds. The van der Waals surface area contributed by atoms with E-state index < -0.39 is 0 Å². The summed E-state index contributed by atoms with van der Waals surface area (Å²) < 4.78 is 1.15. The molecule has 2 aromatic carbocycles. The van der Waals surface area contributed by atoms with Gasteiger partial charge in [0.2, 0.25) is 5.91 Å². The first-order valence-electron chi connectivity index (χ1n) is 9.07. The highest BCUT2D eigenvalue weighted by atomic mass is 32.2. The molecule has 142 valence electrons. The fraction of sp³-hybridized carbons (Fsp3) is 0.182. The van der Waals surface area contributed by atoms with E-state index in [9.17, 15) is 4.79 Å². The van der Waals surface area contributed by atoms with Crippen LogP contribution in [-0.2, 0) is 11.2 Å². The maximum absolute atomic E-state index is 12.6. The van der Waals surface area contributed by atoms with Crippen LogP contribution in [0.2, 0.25) is 0 Å². The van der Waals surface area contributed by atoms with Crippen molar-refractivity contribution in [1.82, 2.24) is 4.98 Å². The van der Waals surface area contributed by atoms with E-state index in [2.05, 4.69) is 37.4 Å². The van der Waals surface area contributed by atoms with Gasteiger partial charge in [-0.15, -0.1) is 34.4 Å². The molecule has 0 bridgehead atoms. The number of thiazole rings is 1. The van der Waals surface area contributed by atoms with Gasteiger partial charge in [0.15, 0.2) is 0 Å². The maximum Gasteiger partial charge on any atom is 0.229 e. The van der Waals surface area contributed by atoms with E-state index >= 15 is 0 Å². The molecule has 0 saturated carbocycles. The minimum absolute atomic E-state index is 0.00549. The highest BCUT2D eigenvalue weighted by molar-refractivity contribution is 7.99. The van der Waals surface area contributed by atoms with Gasteiger partial charge < -0.3 is 5.32 Å². The van der Waals surface area contributed by atoms with Gasteiger partial charge in [0, 0.05) is 15.7 Å². The van der Waals surface area contributed by atoms with Crippen LogP contribution in [0.25, 0.3) is 20.8 Å². The summed E-state index contributed by atoms with van der Waals surface area (Å²) in [6.45, 7) is 4.35. The molecule has 2 heterocycles. The molecule has 1 N–H and O–H groups in total. The third-order valence-corrected chi connectivity index (χ3v) is 7.02. The molecule has 4 rings (SSSR count). The second kappa shape index (κ2) is 8.47. The average molecular weight is 425 g/mol. The van der Waals surface area contributed by atoms with Crippen LogP contribution in [0, 0.1) is 0 Å². The zero-order valence-corrected chi connectivity index (χ0v) is 18.1. The SMILES string of the molecule is CC(C)Sc1ccc(CC(=O)Nc2sccc2-c2nc3ccccc3s2)cc1. The number of fused-ring (bicyclic) bond motifs is 1. The Kier molecular flexibility index (Phi) is 5.80. The number of carbonyl (C=O) groups is 1. The quantitative estimate of drug-likeness (QED) is 0.350. The normalized spacial score (nSPS) is 11.2. The summed E-state index contributed by atoms with van der Waals surface area (Å²) >= 11 is 5.01. The van der Waals surface area contributed by atoms with Gasteiger partial charge in [-0.3, -0.25) is 4.79 Å². The number of anilines is 1. The molecule has 6 heteroatoms. The van der Waals surface area contributed by atoms with Crippen LogP contribution in [0.1, 0.15) is 19.4 Å². The molecule has 2 aromatic heterocycles. The number of nitrogens with zero attached hydrogens (tertiary/aromatic N) is 1. The first kappa shape index (κ1) is 19.2. The summed E-state index contributed by atoms with van der Waals surface area (Å²) in [6, 6.07) is 18.4. The monoisotopic (exact) mass is 424 g/mol. The predicted molar refractivity (Wildman–Crippen MR) is 123 cm³/mol. The molecule has 0 radical (unpaired) electrons. The number of hydrogen-bond acceptors (Lipinski definition) is 5. The van der Waals surface area contributed by atoms with Gasteiger partial charge in [-0.1, -0.05) is 38.1 Å². The van der Waals surface area contributed by atoms with Crippen molar-refractivity contribution < 1.29 is 4.79 Å². The average Bonchev–Trinajstić information content (AvgIpc) is 3.29. The Bertz CT molecular complexity index is 1060. The van der Waals surface area contributed by atoms with E-state index in [-0.39, 0.29) is 5.91 Å². The number of hydrogen-bond donors (Lipinski definition) is 1. The summed E-state index contributed by atoms with van der Waals surface area (Å²) in [7, 11) is 0. The number of amides is 1. The van der Waals surface area contributed by atoms with Crippen LogP contribution in [0.3, 0.4) is 0 Å². The standard InChI is InChI=1S/C22H20N2OS3/c1-14(2)27-16-9-7-15(8-10-16)13-20(25)24-21-17(11-12-26-21)22-23-18-5-3-4-6-19(18)28-22/h3-12,14H,13H2,1-2H3,(H,24,25). The van der Waals surface area contributed by atoms with Gasteiger partial charge in [0.1, 0.15) is 10.0 Å². The van der Waals surface area contributed by atoms with E-state index in [1.54, 1.807) is 11.3 Å². The molecule has 0 fully saturated rings. The van der Waals surface area contributed by atoms with Gasteiger partial charge in [-0.2, -0.15) is 0 Å². The number of benzene rings is 2. The van der Waals surface area contributed by atoms with Crippen molar-refractivity contribution in [3.63, 3.8) is 0 Å². The van der Waals surface area contributed by atoms with Crippen LogP contribution in [0.4, 0.5) is 5.00 Å². The Labute approximate surface area is 176 Å². The molecule has 28 heavy (non-hydrogen) atoms. The Morgan fingerprint density at radius 1 is 1.11 bits per heavy atom. The lowest BCUT2D eigenvalue weighted by Crippen LogP contribution is -2.14. The minimum atomic E-state index is -0.00549. The van der Waals surface area contributed by atoms with Crippen LogP contribution in [0.5, 0.6) is 0 Å². The van der Waals surface area contributed by atoms with Crippen LogP contribution < -0.4 is 5.32 Å². The lowest BCUT2D eigenvalue weighted by molar-refractivity contribution is -0.115. The van der Waals surface area contributed by atoms with Crippen molar-refractivity contribution in [2.45, 2.75) is 30.4 Å². The molecule has 0 aliphatic rings. The molecular weight excluding hydrogens is 404 g/mol. The first-order valence-corrected chi connectivity index (χ1v) is 11.6. The summed E-state index contributed by atoms with van der Waals surface area (Å²) in [5, 5.41) is 7.41. The number of nitrogens with one attached hydrogen (secondary N) is 1. The number of thiophene rings is 1. The fourth-order valence-electron chi connectivity index (χ4n) is 2.88. The van der Waals surface area contributed by atoms with E-state index in [1.165, 1.54) is 16.2 Å². The largest absolute Gasteiger partial charge is 0.317 e. The van der Waals surface area contributed by atoms with E-state index in [0.717, 1.165) is 31.4 Å². The molecular formula is C22H20N2OS3. The van der Waals surface area contributed by atoms with Gasteiger partial charge in [0.05, 0.1) is 16.6 Å². The third-order valence-electron chi connectivity index (χ3n) is 4.10. The summed E-state index contributed by atoms with van der Waals surface area (Å²) in [6.07, 6.45) is 0.365. The van der Waals surface area contributed by atoms with E-state index in [0.29, 0.717) is 11.7 Å². The minimum Gasteiger partial charge on any atom is -0.317 e. The van der Waals surface area contributed by atoms with Crippen molar-refractivity contribution in [2.24, 2.45) is 0 Å². The van der Waals surface area contributed by atoms with Crippen LogP contribution in [-0.4, -0.2) is 16.1 Å². The van der Waals surface area contributed by atoms with Gasteiger partial charge >= 0.3 is 0 Å². The highest BCUT2D eigenvalue weighted by Gasteiger charge is 2.14. The Balaban J connectivity index is 1.46. The molecule has 0 atom stereocenters. The molecule has 0 aliphatic heterocycles. The number of para-hydroxylation sites is 1. The summed E-state index contributed by atoms with van der Waals surface area (Å²) in [4.78, 5) is 18.5. The predicted octanol–water partition coefficient (Wildman–Crippen LogP) is 6.71. The Morgan fingerprint density at radius 3 is 2.64 bits per heavy atom. The van der Waals surface area contributed by atoms with Crippen molar-refractivity contribution in [3.8, 4) is 10.6 Å². The number of aromatic nitrogens is 1. The van der Waals surface area contributed by atoms with Gasteiger partial charge in [0.25, 0.3) is 0 Å². The van der Waals surface area contributed by atoms with Crippen LogP contribution >= 0.6 is 34.4 Å². The zero-order valence-electron chi connectivity index (χ0n) is 15.6. The number of thioether (sulfide) groups is 1. The second-order valence-electron chi connectivity index (χ2n) is 6.69. The van der Waals surface area contributed by atoms with Crippen molar-refractivity contribution in [2.75, 3.05) is 5.32 Å². The van der Waals surface area contributed by atoms with Gasteiger partial charge in [-0.25, -0.2) is 4.98 Å². The van der Waals surface area contributed by atoms with Crippen molar-refractivity contribution in [3.05, 3.63) is 65.5 Å². The lowest BCUT2D eigenvalue weighted by atomic mass is 10.1. The molecule has 0 saturated heterocycles. The molecule has 4 aromatic rings. The van der Waals surface area contributed by atoms with E-state index in [1.807, 2.05) is 53.5 Å². The first-order chi connectivity index (χ1) is 13.6. The maximum atomic E-state index is 12.6. The zero-order chi connectivity index (χ0) is 19.5. The number of carbonyl (C=O) groups excluding carboxylic acids is 1. The van der Waals surface area contributed by atoms with Crippen molar-refractivity contribution >= 4 is 55.6 Å². The molecule has 0 aliphatic carbocycles. The molecule has 0 spiro atoms. The topological polar surface area (TPSA) is 42.0 Å². The third kappa shape index (κ3) is 4.46. The second-order valence-corrected chi connectivity index (χ2v) is 10.3. The molecule has 0 unspecified atom stereocenters. The smallest absolute Gasteiger partial charge is 0.229 e. The molecule has 3 nitrogen and oxygen atoms in total. The van der Waals surface area contributed by atoms with Crippen LogP contribution in [0.15, 0.2) is 64.9 Å². The summed E-state index contributed by atoms with van der Waals surface area (Å²) in [5.74, 6) is -0.00549. The van der Waals surface area contributed by atoms with Crippen molar-refractivity contribution in [1.29, 1.82) is 0 Å². The Morgan fingerprint density at radius 2 is 1.89 bits per heavy atom. The Hall–Kier alpha value is -2.15. The summed E-state index contributed by atoms with van der Waals surface area (Å²) in [5.41, 5.74) is 3.00. The lowest BCUT2D eigenvalue weighted by Gasteiger charge is -2.07. The number of rotatable bonds is 6.